The monoisotopic (exact) mass is 357 g/mol. The van der Waals surface area contributed by atoms with Crippen LogP contribution in [0.4, 0.5) is 5.69 Å². The van der Waals surface area contributed by atoms with E-state index in [-0.39, 0.29) is 5.96 Å². The summed E-state index contributed by atoms with van der Waals surface area (Å²) in [5, 5.41) is 3.03. The maximum absolute atomic E-state index is 5.97. The summed E-state index contributed by atoms with van der Waals surface area (Å²) in [5.41, 5.74) is 7.84. The third kappa shape index (κ3) is 5.31. The van der Waals surface area contributed by atoms with E-state index in [1.807, 2.05) is 24.3 Å². The van der Waals surface area contributed by atoms with Crippen molar-refractivity contribution in [2.75, 3.05) is 32.7 Å². The van der Waals surface area contributed by atoms with Gasteiger partial charge in [-0.1, -0.05) is 32.0 Å². The smallest absolute Gasteiger partial charge is 0.193 e. The number of anilines is 1. The van der Waals surface area contributed by atoms with Crippen LogP contribution in [0.3, 0.4) is 0 Å². The number of aliphatic imine (C=N–C) groups is 1. The van der Waals surface area contributed by atoms with E-state index in [2.05, 4.69) is 30.2 Å². The number of hydrogen-bond donors (Lipinski definition) is 2. The zero-order chi connectivity index (χ0) is 18.9. The van der Waals surface area contributed by atoms with Crippen LogP contribution in [0.1, 0.15) is 25.3 Å². The van der Waals surface area contributed by atoms with Crippen LogP contribution < -0.4 is 25.3 Å². The van der Waals surface area contributed by atoms with Gasteiger partial charge in [0.05, 0.1) is 26.5 Å². The van der Waals surface area contributed by atoms with E-state index >= 15 is 0 Å². The Bertz CT molecular complexity index is 745. The van der Waals surface area contributed by atoms with Crippen LogP contribution in [0, 0.1) is 0 Å². The van der Waals surface area contributed by atoms with Crippen molar-refractivity contribution in [1.29, 1.82) is 0 Å². The van der Waals surface area contributed by atoms with Gasteiger partial charge < -0.3 is 25.3 Å². The largest absolute Gasteiger partial charge is 0.497 e. The number of methoxy groups -OCH3 is 2. The van der Waals surface area contributed by atoms with Crippen molar-refractivity contribution in [3.63, 3.8) is 0 Å². The summed E-state index contributed by atoms with van der Waals surface area (Å²) >= 11 is 0. The van der Waals surface area contributed by atoms with E-state index in [1.54, 1.807) is 26.4 Å². The average molecular weight is 357 g/mol. The molecular formula is C20H27N3O3. The quantitative estimate of drug-likeness (QED) is 0.428. The fourth-order valence-electron chi connectivity index (χ4n) is 2.50. The molecule has 0 fully saturated rings. The normalized spacial score (nSPS) is 11.3. The van der Waals surface area contributed by atoms with Gasteiger partial charge in [-0.25, -0.2) is 4.99 Å². The Balaban J connectivity index is 1.93. The number of rotatable bonds is 8. The number of benzene rings is 2. The molecule has 2 rings (SSSR count). The van der Waals surface area contributed by atoms with Gasteiger partial charge in [0.15, 0.2) is 5.96 Å². The standard InChI is InChI=1S/C20H27N3O3/c1-14(2)16-7-5-6-8-18(16)26-12-11-22-20(21)23-17-13-15(24-3)9-10-19(17)25-4/h5-10,13-14H,11-12H2,1-4H3,(H3,21,22,23). The van der Waals surface area contributed by atoms with Crippen LogP contribution in [0.15, 0.2) is 47.5 Å². The van der Waals surface area contributed by atoms with Crippen molar-refractivity contribution in [3.8, 4) is 17.2 Å². The maximum Gasteiger partial charge on any atom is 0.193 e. The van der Waals surface area contributed by atoms with Gasteiger partial charge in [-0.2, -0.15) is 0 Å². The van der Waals surface area contributed by atoms with Gasteiger partial charge in [0.1, 0.15) is 23.9 Å². The lowest BCUT2D eigenvalue weighted by molar-refractivity contribution is 0.324. The molecular weight excluding hydrogens is 330 g/mol. The Kier molecular flexibility index (Phi) is 7.14. The highest BCUT2D eigenvalue weighted by Gasteiger charge is 2.07. The zero-order valence-electron chi connectivity index (χ0n) is 15.8. The molecule has 0 unspecified atom stereocenters. The van der Waals surface area contributed by atoms with E-state index in [9.17, 15) is 0 Å². The molecule has 26 heavy (non-hydrogen) atoms. The van der Waals surface area contributed by atoms with Crippen LogP contribution in [-0.2, 0) is 0 Å². The third-order valence-electron chi connectivity index (χ3n) is 3.84. The number of hydrogen-bond acceptors (Lipinski definition) is 4. The summed E-state index contributed by atoms with van der Waals surface area (Å²) in [6.07, 6.45) is 0. The van der Waals surface area contributed by atoms with Gasteiger partial charge in [-0.05, 0) is 29.7 Å². The Labute approximate surface area is 155 Å². The maximum atomic E-state index is 5.97. The molecule has 3 N–H and O–H groups in total. The minimum Gasteiger partial charge on any atom is -0.497 e. The van der Waals surface area contributed by atoms with Crippen molar-refractivity contribution in [3.05, 3.63) is 48.0 Å². The van der Waals surface area contributed by atoms with Crippen LogP contribution in [0.2, 0.25) is 0 Å². The van der Waals surface area contributed by atoms with E-state index in [1.165, 1.54) is 5.56 Å². The number of ether oxygens (including phenoxy) is 3. The second kappa shape index (κ2) is 9.56. The number of nitrogens with one attached hydrogen (secondary N) is 1. The van der Waals surface area contributed by atoms with Gasteiger partial charge in [0.25, 0.3) is 0 Å². The Morgan fingerprint density at radius 1 is 1.08 bits per heavy atom. The molecule has 0 aromatic heterocycles. The molecule has 0 aliphatic heterocycles. The molecule has 0 spiro atoms. The highest BCUT2D eigenvalue weighted by Crippen LogP contribution is 2.28. The van der Waals surface area contributed by atoms with Gasteiger partial charge >= 0.3 is 0 Å². The number of para-hydroxylation sites is 1. The predicted octanol–water partition coefficient (Wildman–Crippen LogP) is 3.63. The highest BCUT2D eigenvalue weighted by atomic mass is 16.5. The second-order valence-corrected chi connectivity index (χ2v) is 6.00. The van der Waals surface area contributed by atoms with Crippen LogP contribution in [-0.4, -0.2) is 33.3 Å². The zero-order valence-corrected chi connectivity index (χ0v) is 15.8. The van der Waals surface area contributed by atoms with E-state index < -0.39 is 0 Å². The fourth-order valence-corrected chi connectivity index (χ4v) is 2.50. The number of guanidine groups is 1. The Morgan fingerprint density at radius 2 is 1.85 bits per heavy atom. The molecule has 0 saturated heterocycles. The summed E-state index contributed by atoms with van der Waals surface area (Å²) in [6, 6.07) is 13.5. The Hall–Kier alpha value is -2.89. The molecule has 0 bridgehead atoms. The summed E-state index contributed by atoms with van der Waals surface area (Å²) in [6.45, 7) is 5.17. The highest BCUT2D eigenvalue weighted by molar-refractivity contribution is 5.94. The number of nitrogens with zero attached hydrogens (tertiary/aromatic N) is 1. The Morgan fingerprint density at radius 3 is 2.54 bits per heavy atom. The molecule has 2 aromatic rings. The fraction of sp³-hybridized carbons (Fsp3) is 0.350. The first-order chi connectivity index (χ1) is 12.5. The summed E-state index contributed by atoms with van der Waals surface area (Å²) < 4.78 is 16.4. The summed E-state index contributed by atoms with van der Waals surface area (Å²) in [7, 11) is 3.20. The van der Waals surface area contributed by atoms with Crippen LogP contribution in [0.5, 0.6) is 17.2 Å². The molecule has 0 amide bonds. The molecule has 0 aliphatic carbocycles. The SMILES string of the molecule is COc1ccc(OC)c(NC(N)=NCCOc2ccccc2C(C)C)c1. The minimum absolute atomic E-state index is 0.289. The van der Waals surface area contributed by atoms with Crippen molar-refractivity contribution in [2.45, 2.75) is 19.8 Å². The lowest BCUT2D eigenvalue weighted by Crippen LogP contribution is -2.24. The third-order valence-corrected chi connectivity index (χ3v) is 3.84. The van der Waals surface area contributed by atoms with Gasteiger partial charge in [-0.15, -0.1) is 0 Å². The molecule has 140 valence electrons. The number of nitrogens with two attached hydrogens (primary N) is 1. The molecule has 0 atom stereocenters. The van der Waals surface area contributed by atoms with E-state index in [0.717, 1.165) is 5.75 Å². The summed E-state index contributed by atoms with van der Waals surface area (Å²) in [5.74, 6) is 2.94. The van der Waals surface area contributed by atoms with Crippen LogP contribution in [0.25, 0.3) is 0 Å². The molecule has 6 nitrogen and oxygen atoms in total. The van der Waals surface area contributed by atoms with Gasteiger partial charge in [0.2, 0.25) is 0 Å². The van der Waals surface area contributed by atoms with Crippen molar-refractivity contribution in [2.24, 2.45) is 10.7 Å². The average Bonchev–Trinajstić information content (AvgIpc) is 2.65. The molecule has 0 radical (unpaired) electrons. The lowest BCUT2D eigenvalue weighted by Gasteiger charge is -2.14. The second-order valence-electron chi connectivity index (χ2n) is 6.00. The van der Waals surface area contributed by atoms with Crippen molar-refractivity contribution in [1.82, 2.24) is 0 Å². The topological polar surface area (TPSA) is 78.1 Å². The molecule has 0 heterocycles. The van der Waals surface area contributed by atoms with Crippen molar-refractivity contribution < 1.29 is 14.2 Å². The lowest BCUT2D eigenvalue weighted by atomic mass is 10.0. The molecule has 0 aliphatic rings. The predicted molar refractivity (Wildman–Crippen MR) is 106 cm³/mol. The van der Waals surface area contributed by atoms with Crippen LogP contribution >= 0.6 is 0 Å². The van der Waals surface area contributed by atoms with Gasteiger partial charge in [0, 0.05) is 6.07 Å². The summed E-state index contributed by atoms with van der Waals surface area (Å²) in [4.78, 5) is 4.30. The van der Waals surface area contributed by atoms with E-state index in [0.29, 0.717) is 36.3 Å². The first-order valence-corrected chi connectivity index (χ1v) is 8.55. The van der Waals surface area contributed by atoms with Gasteiger partial charge in [-0.3, -0.25) is 0 Å². The minimum atomic E-state index is 0.289. The van der Waals surface area contributed by atoms with Crippen molar-refractivity contribution >= 4 is 11.6 Å². The molecule has 6 heteroatoms. The van der Waals surface area contributed by atoms with E-state index in [4.69, 9.17) is 19.9 Å². The molecule has 2 aromatic carbocycles. The first-order valence-electron chi connectivity index (χ1n) is 8.55. The molecule has 0 saturated carbocycles. The first kappa shape index (κ1) is 19.4.